The molecule has 4 aromatic carbocycles. The number of nitrogens with one attached hydrogen (secondary N) is 1. The molecule has 0 aliphatic carbocycles. The molecule has 0 aliphatic heterocycles. The van der Waals surface area contributed by atoms with Crippen LogP contribution in [-0.2, 0) is 13.2 Å². The van der Waals surface area contributed by atoms with Crippen LogP contribution in [0.15, 0.2) is 91.0 Å². The highest BCUT2D eigenvalue weighted by Gasteiger charge is 2.08. The third-order valence-corrected chi connectivity index (χ3v) is 6.72. The number of ether oxygens (including phenoxy) is 1. The van der Waals surface area contributed by atoms with E-state index in [1.165, 1.54) is 10.3 Å². The van der Waals surface area contributed by atoms with Gasteiger partial charge in [-0.1, -0.05) is 48.0 Å². The summed E-state index contributed by atoms with van der Waals surface area (Å²) in [5.41, 5.74) is 6.60. The topological polar surface area (TPSA) is 34.2 Å². The molecule has 5 aromatic rings. The minimum Gasteiger partial charge on any atom is -0.489 e. The molecule has 33 heavy (non-hydrogen) atoms. The Morgan fingerprint density at radius 1 is 0.909 bits per heavy atom. The number of anilines is 1. The molecule has 5 heteroatoms. The predicted octanol–water partition coefficient (Wildman–Crippen LogP) is 8.12. The Hall–Kier alpha value is -3.34. The SMILES string of the molecule is Cc1ccc2nc(-c3ccc(NCc4cc(Cl)ccc4OCc4ccccc4)cc3)sc2c1. The first-order chi connectivity index (χ1) is 16.1. The van der Waals surface area contributed by atoms with E-state index in [0.29, 0.717) is 18.2 Å². The van der Waals surface area contributed by atoms with Crippen LogP contribution in [-0.4, -0.2) is 4.98 Å². The van der Waals surface area contributed by atoms with Crippen LogP contribution in [0.2, 0.25) is 5.02 Å². The van der Waals surface area contributed by atoms with E-state index in [1.807, 2.05) is 36.4 Å². The van der Waals surface area contributed by atoms with E-state index in [9.17, 15) is 0 Å². The van der Waals surface area contributed by atoms with Gasteiger partial charge in [0.2, 0.25) is 0 Å². The van der Waals surface area contributed by atoms with Gasteiger partial charge in [0.15, 0.2) is 0 Å². The Bertz CT molecular complexity index is 1380. The maximum Gasteiger partial charge on any atom is 0.124 e. The highest BCUT2D eigenvalue weighted by molar-refractivity contribution is 7.21. The summed E-state index contributed by atoms with van der Waals surface area (Å²) in [4.78, 5) is 4.78. The number of aryl methyl sites for hydroxylation is 1. The first kappa shape index (κ1) is 21.5. The summed E-state index contributed by atoms with van der Waals surface area (Å²) in [6, 6.07) is 30.7. The minimum absolute atomic E-state index is 0.520. The molecule has 0 atom stereocenters. The molecule has 1 heterocycles. The molecular formula is C28H23ClN2OS. The zero-order chi connectivity index (χ0) is 22.6. The standard InChI is InChI=1S/C28H23ClN2OS/c1-19-7-13-25-27(15-19)33-28(31-25)21-8-11-24(12-9-21)30-17-22-16-23(29)10-14-26(22)32-18-20-5-3-2-4-6-20/h2-16,30H,17-18H2,1H3. The van der Waals surface area contributed by atoms with Crippen LogP contribution in [0, 0.1) is 6.92 Å². The van der Waals surface area contributed by atoms with Crippen molar-refractivity contribution >= 4 is 38.8 Å². The number of nitrogens with zero attached hydrogens (tertiary/aromatic N) is 1. The lowest BCUT2D eigenvalue weighted by molar-refractivity contribution is 0.303. The van der Waals surface area contributed by atoms with Gasteiger partial charge in [-0.05, 0) is 72.6 Å². The fourth-order valence-electron chi connectivity index (χ4n) is 3.65. The Labute approximate surface area is 202 Å². The lowest BCUT2D eigenvalue weighted by Gasteiger charge is -2.14. The van der Waals surface area contributed by atoms with Crippen molar-refractivity contribution in [2.75, 3.05) is 5.32 Å². The molecular weight excluding hydrogens is 448 g/mol. The smallest absolute Gasteiger partial charge is 0.124 e. The number of rotatable bonds is 7. The van der Waals surface area contributed by atoms with Crippen LogP contribution < -0.4 is 10.1 Å². The van der Waals surface area contributed by atoms with Crippen molar-refractivity contribution in [1.82, 2.24) is 4.98 Å². The first-order valence-electron chi connectivity index (χ1n) is 10.8. The number of fused-ring (bicyclic) bond motifs is 1. The number of hydrogen-bond donors (Lipinski definition) is 1. The van der Waals surface area contributed by atoms with Crippen molar-refractivity contribution in [3.63, 3.8) is 0 Å². The molecule has 5 rings (SSSR count). The van der Waals surface area contributed by atoms with Crippen molar-refractivity contribution in [3.8, 4) is 16.3 Å². The number of benzene rings is 4. The minimum atomic E-state index is 0.520. The zero-order valence-corrected chi connectivity index (χ0v) is 19.8. The molecule has 0 aliphatic rings. The van der Waals surface area contributed by atoms with Gasteiger partial charge in [-0.2, -0.15) is 0 Å². The molecule has 0 bridgehead atoms. The highest BCUT2D eigenvalue weighted by atomic mass is 35.5. The zero-order valence-electron chi connectivity index (χ0n) is 18.2. The Balaban J connectivity index is 1.27. The summed E-state index contributed by atoms with van der Waals surface area (Å²) in [6.07, 6.45) is 0. The molecule has 0 saturated heterocycles. The van der Waals surface area contributed by atoms with Gasteiger partial charge in [0.25, 0.3) is 0 Å². The van der Waals surface area contributed by atoms with Crippen LogP contribution in [0.1, 0.15) is 16.7 Å². The largest absolute Gasteiger partial charge is 0.489 e. The maximum absolute atomic E-state index is 6.26. The number of halogens is 1. The molecule has 0 unspecified atom stereocenters. The van der Waals surface area contributed by atoms with E-state index < -0.39 is 0 Å². The fraction of sp³-hybridized carbons (Fsp3) is 0.107. The molecule has 3 nitrogen and oxygen atoms in total. The van der Waals surface area contributed by atoms with Crippen LogP contribution in [0.4, 0.5) is 5.69 Å². The Kier molecular flexibility index (Phi) is 6.29. The van der Waals surface area contributed by atoms with E-state index in [2.05, 4.69) is 66.8 Å². The quantitative estimate of drug-likeness (QED) is 0.261. The predicted molar refractivity (Wildman–Crippen MR) is 139 cm³/mol. The second-order valence-electron chi connectivity index (χ2n) is 7.95. The highest BCUT2D eigenvalue weighted by Crippen LogP contribution is 2.31. The van der Waals surface area contributed by atoms with Crippen molar-refractivity contribution in [2.24, 2.45) is 0 Å². The van der Waals surface area contributed by atoms with E-state index in [0.717, 1.165) is 38.7 Å². The summed E-state index contributed by atoms with van der Waals surface area (Å²) in [5.74, 6) is 0.831. The van der Waals surface area contributed by atoms with Crippen LogP contribution >= 0.6 is 22.9 Å². The first-order valence-corrected chi connectivity index (χ1v) is 12.0. The lowest BCUT2D eigenvalue weighted by atomic mass is 10.1. The van der Waals surface area contributed by atoms with Crippen molar-refractivity contribution in [3.05, 3.63) is 113 Å². The molecule has 0 amide bonds. The second-order valence-corrected chi connectivity index (χ2v) is 9.41. The Morgan fingerprint density at radius 2 is 1.73 bits per heavy atom. The van der Waals surface area contributed by atoms with Crippen molar-refractivity contribution in [2.45, 2.75) is 20.1 Å². The molecule has 0 saturated carbocycles. The van der Waals surface area contributed by atoms with Gasteiger partial charge >= 0.3 is 0 Å². The maximum atomic E-state index is 6.26. The Morgan fingerprint density at radius 3 is 2.55 bits per heavy atom. The number of thiazole rings is 1. The number of aromatic nitrogens is 1. The molecule has 0 spiro atoms. The molecule has 1 N–H and O–H groups in total. The summed E-state index contributed by atoms with van der Waals surface area (Å²) < 4.78 is 7.29. The van der Waals surface area contributed by atoms with Crippen molar-refractivity contribution in [1.29, 1.82) is 0 Å². The lowest BCUT2D eigenvalue weighted by Crippen LogP contribution is -2.04. The van der Waals surface area contributed by atoms with Crippen LogP contribution in [0.5, 0.6) is 5.75 Å². The van der Waals surface area contributed by atoms with Gasteiger partial charge in [-0.25, -0.2) is 4.98 Å². The van der Waals surface area contributed by atoms with E-state index in [-0.39, 0.29) is 0 Å². The van der Waals surface area contributed by atoms with Gasteiger partial charge in [-0.3, -0.25) is 0 Å². The number of hydrogen-bond acceptors (Lipinski definition) is 4. The molecule has 1 aromatic heterocycles. The summed E-state index contributed by atoms with van der Waals surface area (Å²) >= 11 is 7.98. The summed E-state index contributed by atoms with van der Waals surface area (Å²) in [6.45, 7) is 3.24. The van der Waals surface area contributed by atoms with Gasteiger partial charge in [-0.15, -0.1) is 11.3 Å². The van der Waals surface area contributed by atoms with Crippen LogP contribution in [0.3, 0.4) is 0 Å². The average Bonchev–Trinajstić information content (AvgIpc) is 3.26. The average molecular weight is 471 g/mol. The van der Waals surface area contributed by atoms with Gasteiger partial charge in [0.05, 0.1) is 10.2 Å². The monoisotopic (exact) mass is 470 g/mol. The third-order valence-electron chi connectivity index (χ3n) is 5.42. The van der Waals surface area contributed by atoms with E-state index in [4.69, 9.17) is 21.3 Å². The third kappa shape index (κ3) is 5.19. The summed E-state index contributed by atoms with van der Waals surface area (Å²) in [5, 5.41) is 5.21. The van der Waals surface area contributed by atoms with Gasteiger partial charge < -0.3 is 10.1 Å². The summed E-state index contributed by atoms with van der Waals surface area (Å²) in [7, 11) is 0. The molecule has 0 fully saturated rings. The normalized spacial score (nSPS) is 11.0. The van der Waals surface area contributed by atoms with E-state index >= 15 is 0 Å². The van der Waals surface area contributed by atoms with Gasteiger partial charge in [0, 0.05) is 28.4 Å². The van der Waals surface area contributed by atoms with Gasteiger partial charge in [0.1, 0.15) is 17.4 Å². The van der Waals surface area contributed by atoms with Crippen LogP contribution in [0.25, 0.3) is 20.8 Å². The molecule has 164 valence electrons. The van der Waals surface area contributed by atoms with Crippen molar-refractivity contribution < 1.29 is 4.74 Å². The molecule has 0 radical (unpaired) electrons. The second kappa shape index (κ2) is 9.65. The van der Waals surface area contributed by atoms with E-state index in [1.54, 1.807) is 11.3 Å². The fourth-order valence-corrected chi connectivity index (χ4v) is 4.91.